The van der Waals surface area contributed by atoms with Gasteiger partial charge in [-0.2, -0.15) is 0 Å². The van der Waals surface area contributed by atoms with Gasteiger partial charge < -0.3 is 10.6 Å². The molecule has 0 atom stereocenters. The zero-order valence-corrected chi connectivity index (χ0v) is 7.26. The van der Waals surface area contributed by atoms with Crippen LogP contribution in [0.5, 0.6) is 0 Å². The molecule has 0 aliphatic rings. The molecule has 4 heteroatoms. The predicted molar refractivity (Wildman–Crippen MR) is 48.0 cm³/mol. The average molecular weight is 172 g/mol. The van der Waals surface area contributed by atoms with E-state index in [2.05, 4.69) is 4.98 Å². The highest BCUT2D eigenvalue weighted by Crippen LogP contribution is 2.25. The van der Waals surface area contributed by atoms with Gasteiger partial charge in [0, 0.05) is 20.3 Å². The van der Waals surface area contributed by atoms with Gasteiger partial charge in [0.05, 0.1) is 10.7 Å². The Morgan fingerprint density at radius 2 is 2.18 bits per heavy atom. The summed E-state index contributed by atoms with van der Waals surface area (Å²) in [5, 5.41) is 0.545. The lowest BCUT2D eigenvalue weighted by Crippen LogP contribution is -2.12. The fourth-order valence-electron chi connectivity index (χ4n) is 0.796. The SMILES string of the molecule is CN(C)c1nccc(Cl)c1N. The fourth-order valence-corrected chi connectivity index (χ4v) is 0.937. The zero-order valence-electron chi connectivity index (χ0n) is 6.50. The molecule has 1 rings (SSSR count). The second kappa shape index (κ2) is 2.96. The lowest BCUT2D eigenvalue weighted by molar-refractivity contribution is 1.07. The van der Waals surface area contributed by atoms with Gasteiger partial charge in [0.15, 0.2) is 5.82 Å². The molecule has 0 fully saturated rings. The minimum atomic E-state index is 0.527. The Hall–Kier alpha value is -0.960. The Kier molecular flexibility index (Phi) is 2.19. The standard InChI is InChI=1S/C7H10ClN3/c1-11(2)7-6(9)5(8)3-4-10-7/h3-4H,9H2,1-2H3. The molecule has 3 nitrogen and oxygen atoms in total. The lowest BCUT2D eigenvalue weighted by atomic mass is 10.4. The largest absolute Gasteiger partial charge is 0.395 e. The number of anilines is 2. The second-order valence-corrected chi connectivity index (χ2v) is 2.83. The number of pyridine rings is 1. The molecule has 0 saturated heterocycles. The Morgan fingerprint density at radius 1 is 1.55 bits per heavy atom. The maximum atomic E-state index is 5.77. The van der Waals surface area contributed by atoms with Crippen molar-refractivity contribution in [3.05, 3.63) is 17.3 Å². The van der Waals surface area contributed by atoms with Crippen LogP contribution < -0.4 is 10.6 Å². The van der Waals surface area contributed by atoms with Crippen LogP contribution in [0.1, 0.15) is 0 Å². The molecule has 1 aromatic rings. The first-order valence-electron chi connectivity index (χ1n) is 3.20. The normalized spacial score (nSPS) is 9.73. The number of hydrogen-bond donors (Lipinski definition) is 1. The Balaban J connectivity index is 3.17. The summed E-state index contributed by atoms with van der Waals surface area (Å²) in [5.41, 5.74) is 6.17. The van der Waals surface area contributed by atoms with Gasteiger partial charge in [-0.3, -0.25) is 0 Å². The molecule has 0 aromatic carbocycles. The summed E-state index contributed by atoms with van der Waals surface area (Å²) in [6, 6.07) is 1.67. The van der Waals surface area contributed by atoms with Crippen LogP contribution in [0.15, 0.2) is 12.3 Å². The zero-order chi connectivity index (χ0) is 8.43. The quantitative estimate of drug-likeness (QED) is 0.694. The van der Waals surface area contributed by atoms with Crippen molar-refractivity contribution < 1.29 is 0 Å². The molecule has 0 radical (unpaired) electrons. The van der Waals surface area contributed by atoms with Crippen LogP contribution in [-0.4, -0.2) is 19.1 Å². The van der Waals surface area contributed by atoms with Crippen molar-refractivity contribution in [1.29, 1.82) is 0 Å². The Bertz CT molecular complexity index is 260. The van der Waals surface area contributed by atoms with Crippen LogP contribution in [0.3, 0.4) is 0 Å². The van der Waals surface area contributed by atoms with E-state index < -0.39 is 0 Å². The van der Waals surface area contributed by atoms with Crippen LogP contribution >= 0.6 is 11.6 Å². The van der Waals surface area contributed by atoms with Crippen molar-refractivity contribution in [2.24, 2.45) is 0 Å². The molecule has 1 heterocycles. The maximum absolute atomic E-state index is 5.77. The molecule has 0 saturated carbocycles. The molecule has 0 aliphatic heterocycles. The fraction of sp³-hybridized carbons (Fsp3) is 0.286. The third-order valence-electron chi connectivity index (χ3n) is 1.34. The summed E-state index contributed by atoms with van der Waals surface area (Å²) in [6.07, 6.45) is 1.63. The Morgan fingerprint density at radius 3 is 2.64 bits per heavy atom. The van der Waals surface area contributed by atoms with Crippen LogP contribution in [0.2, 0.25) is 5.02 Å². The summed E-state index contributed by atoms with van der Waals surface area (Å²) in [4.78, 5) is 5.88. The predicted octanol–water partition coefficient (Wildman–Crippen LogP) is 1.38. The van der Waals surface area contributed by atoms with E-state index in [9.17, 15) is 0 Å². The second-order valence-electron chi connectivity index (χ2n) is 2.42. The highest BCUT2D eigenvalue weighted by Gasteiger charge is 2.04. The first-order valence-corrected chi connectivity index (χ1v) is 3.58. The molecular weight excluding hydrogens is 162 g/mol. The van der Waals surface area contributed by atoms with Crippen molar-refractivity contribution in [3.63, 3.8) is 0 Å². The van der Waals surface area contributed by atoms with E-state index in [0.29, 0.717) is 16.5 Å². The molecular formula is C7H10ClN3. The van der Waals surface area contributed by atoms with Gasteiger partial charge >= 0.3 is 0 Å². The van der Waals surface area contributed by atoms with Gasteiger partial charge in [0.25, 0.3) is 0 Å². The van der Waals surface area contributed by atoms with E-state index >= 15 is 0 Å². The van der Waals surface area contributed by atoms with Crippen molar-refractivity contribution in [2.45, 2.75) is 0 Å². The minimum Gasteiger partial charge on any atom is -0.395 e. The first kappa shape index (κ1) is 8.14. The van der Waals surface area contributed by atoms with Gasteiger partial charge in [0.2, 0.25) is 0 Å². The van der Waals surface area contributed by atoms with Gasteiger partial charge in [-0.15, -0.1) is 0 Å². The molecule has 0 unspecified atom stereocenters. The number of aromatic nitrogens is 1. The van der Waals surface area contributed by atoms with Gasteiger partial charge in [-0.1, -0.05) is 11.6 Å². The summed E-state index contributed by atoms with van der Waals surface area (Å²) in [5.74, 6) is 0.706. The highest BCUT2D eigenvalue weighted by atomic mass is 35.5. The number of nitrogen functional groups attached to an aromatic ring is 1. The Labute approximate surface area is 70.8 Å². The van der Waals surface area contributed by atoms with Crippen molar-refractivity contribution in [2.75, 3.05) is 24.7 Å². The number of halogens is 1. The summed E-state index contributed by atoms with van der Waals surface area (Å²) < 4.78 is 0. The van der Waals surface area contributed by atoms with E-state index in [4.69, 9.17) is 17.3 Å². The molecule has 2 N–H and O–H groups in total. The lowest BCUT2D eigenvalue weighted by Gasteiger charge is -2.13. The van der Waals surface area contributed by atoms with Crippen molar-refractivity contribution >= 4 is 23.1 Å². The van der Waals surface area contributed by atoms with Gasteiger partial charge in [-0.05, 0) is 6.07 Å². The van der Waals surface area contributed by atoms with Gasteiger partial charge in [0.1, 0.15) is 0 Å². The molecule has 1 aromatic heterocycles. The summed E-state index contributed by atoms with van der Waals surface area (Å²) in [6.45, 7) is 0. The first-order chi connectivity index (χ1) is 5.13. The minimum absolute atomic E-state index is 0.527. The number of nitrogens with two attached hydrogens (primary N) is 1. The molecule has 60 valence electrons. The smallest absolute Gasteiger partial charge is 0.152 e. The van der Waals surface area contributed by atoms with E-state index in [1.807, 2.05) is 19.0 Å². The summed E-state index contributed by atoms with van der Waals surface area (Å²) >= 11 is 5.77. The van der Waals surface area contributed by atoms with E-state index in [0.717, 1.165) is 0 Å². The summed E-state index contributed by atoms with van der Waals surface area (Å²) in [7, 11) is 3.74. The van der Waals surface area contributed by atoms with Crippen LogP contribution in [0.25, 0.3) is 0 Å². The van der Waals surface area contributed by atoms with Crippen molar-refractivity contribution in [1.82, 2.24) is 4.98 Å². The van der Waals surface area contributed by atoms with E-state index in [1.165, 1.54) is 0 Å². The maximum Gasteiger partial charge on any atom is 0.152 e. The van der Waals surface area contributed by atoms with Crippen molar-refractivity contribution in [3.8, 4) is 0 Å². The van der Waals surface area contributed by atoms with E-state index in [-0.39, 0.29) is 0 Å². The highest BCUT2D eigenvalue weighted by molar-refractivity contribution is 6.33. The monoisotopic (exact) mass is 171 g/mol. The molecule has 11 heavy (non-hydrogen) atoms. The molecule has 0 amide bonds. The number of hydrogen-bond acceptors (Lipinski definition) is 3. The number of nitrogens with zero attached hydrogens (tertiary/aromatic N) is 2. The van der Waals surface area contributed by atoms with Crippen LogP contribution in [-0.2, 0) is 0 Å². The third kappa shape index (κ3) is 1.54. The molecule has 0 spiro atoms. The molecule has 0 bridgehead atoms. The average Bonchev–Trinajstić information content (AvgIpc) is 1.94. The number of rotatable bonds is 1. The topological polar surface area (TPSA) is 42.2 Å². The third-order valence-corrected chi connectivity index (χ3v) is 1.67. The molecule has 0 aliphatic carbocycles. The van der Waals surface area contributed by atoms with Gasteiger partial charge in [-0.25, -0.2) is 4.98 Å². The van der Waals surface area contributed by atoms with Crippen LogP contribution in [0.4, 0.5) is 11.5 Å². The van der Waals surface area contributed by atoms with Crippen LogP contribution in [0, 0.1) is 0 Å². The van der Waals surface area contributed by atoms with E-state index in [1.54, 1.807) is 12.3 Å².